The Kier molecular flexibility index (Phi) is 5.30. The quantitative estimate of drug-likeness (QED) is 0.856. The molecule has 0 spiro atoms. The van der Waals surface area contributed by atoms with Gasteiger partial charge in [-0.05, 0) is 39.0 Å². The first-order valence-electron chi connectivity index (χ1n) is 6.29. The zero-order valence-corrected chi connectivity index (χ0v) is 11.8. The van der Waals surface area contributed by atoms with Gasteiger partial charge in [-0.25, -0.2) is 4.39 Å². The van der Waals surface area contributed by atoms with Gasteiger partial charge in [0.25, 0.3) is 0 Å². The molecule has 1 aromatic carbocycles. The van der Waals surface area contributed by atoms with E-state index in [1.807, 2.05) is 13.8 Å². The Hall–Kier alpha value is -1.62. The number of anilines is 1. The molecule has 0 aliphatic heterocycles. The molecule has 0 heterocycles. The van der Waals surface area contributed by atoms with E-state index in [1.165, 1.54) is 12.1 Å². The van der Waals surface area contributed by atoms with E-state index >= 15 is 0 Å². The number of nitrogens with one attached hydrogen (secondary N) is 1. The Labute approximate surface area is 113 Å². The molecule has 19 heavy (non-hydrogen) atoms. The summed E-state index contributed by atoms with van der Waals surface area (Å²) in [7, 11) is 1.74. The highest BCUT2D eigenvalue weighted by Gasteiger charge is 2.15. The van der Waals surface area contributed by atoms with Crippen molar-refractivity contribution in [1.29, 1.82) is 0 Å². The summed E-state index contributed by atoms with van der Waals surface area (Å²) in [4.78, 5) is 13.4. The van der Waals surface area contributed by atoms with Crippen molar-refractivity contribution in [2.45, 2.75) is 32.9 Å². The lowest BCUT2D eigenvalue weighted by molar-refractivity contribution is -0.120. The Morgan fingerprint density at radius 3 is 2.58 bits per heavy atom. The van der Waals surface area contributed by atoms with Gasteiger partial charge in [-0.15, -0.1) is 0 Å². The van der Waals surface area contributed by atoms with Crippen molar-refractivity contribution in [3.63, 3.8) is 0 Å². The Balaban J connectivity index is 2.87. The second kappa shape index (κ2) is 6.52. The van der Waals surface area contributed by atoms with Crippen LogP contribution < -0.4 is 10.2 Å². The van der Waals surface area contributed by atoms with Crippen LogP contribution in [0.5, 0.6) is 0 Å². The van der Waals surface area contributed by atoms with Gasteiger partial charge in [-0.3, -0.25) is 4.79 Å². The Bertz CT molecular complexity index is 447. The molecule has 0 saturated carbocycles. The SMILES string of the molecule is CC(C)NC(=O)CN(C)c1ccc(F)cc1C(C)O. The first kappa shape index (κ1) is 15.4. The number of hydrogen-bond donors (Lipinski definition) is 2. The van der Waals surface area contributed by atoms with Gasteiger partial charge in [0, 0.05) is 24.3 Å². The molecule has 0 bridgehead atoms. The van der Waals surface area contributed by atoms with Crippen LogP contribution in [0.2, 0.25) is 0 Å². The zero-order chi connectivity index (χ0) is 14.6. The fourth-order valence-electron chi connectivity index (χ4n) is 1.88. The van der Waals surface area contributed by atoms with E-state index in [-0.39, 0.29) is 18.5 Å². The van der Waals surface area contributed by atoms with Gasteiger partial charge in [0.2, 0.25) is 5.91 Å². The second-order valence-electron chi connectivity index (χ2n) is 4.96. The molecule has 0 aliphatic rings. The minimum atomic E-state index is -0.790. The van der Waals surface area contributed by atoms with Crippen LogP contribution in [0, 0.1) is 5.82 Å². The molecular formula is C14H21FN2O2. The van der Waals surface area contributed by atoms with Crippen molar-refractivity contribution in [2.75, 3.05) is 18.5 Å². The molecule has 1 atom stereocenters. The van der Waals surface area contributed by atoms with Gasteiger partial charge >= 0.3 is 0 Å². The van der Waals surface area contributed by atoms with Gasteiger partial charge in [0.05, 0.1) is 12.6 Å². The first-order chi connectivity index (χ1) is 8.81. The number of nitrogens with zero attached hydrogens (tertiary/aromatic N) is 1. The fraction of sp³-hybridized carbons (Fsp3) is 0.500. The van der Waals surface area contributed by atoms with E-state index < -0.39 is 11.9 Å². The topological polar surface area (TPSA) is 52.6 Å². The number of halogens is 1. The summed E-state index contributed by atoms with van der Waals surface area (Å²) in [5.41, 5.74) is 1.12. The normalized spacial score (nSPS) is 12.4. The molecule has 0 saturated heterocycles. The van der Waals surface area contributed by atoms with Crippen LogP contribution in [-0.2, 0) is 4.79 Å². The van der Waals surface area contributed by atoms with Crippen LogP contribution in [0.25, 0.3) is 0 Å². The van der Waals surface area contributed by atoms with E-state index in [9.17, 15) is 14.3 Å². The molecule has 5 heteroatoms. The molecule has 4 nitrogen and oxygen atoms in total. The lowest BCUT2D eigenvalue weighted by atomic mass is 10.1. The average molecular weight is 268 g/mol. The van der Waals surface area contributed by atoms with Crippen LogP contribution in [-0.4, -0.2) is 30.6 Å². The molecule has 1 aromatic rings. The maximum absolute atomic E-state index is 13.2. The van der Waals surface area contributed by atoms with E-state index in [4.69, 9.17) is 0 Å². The number of likely N-dealkylation sites (N-methyl/N-ethyl adjacent to an activating group) is 1. The highest BCUT2D eigenvalue weighted by atomic mass is 19.1. The monoisotopic (exact) mass is 268 g/mol. The van der Waals surface area contributed by atoms with Gasteiger partial charge < -0.3 is 15.3 Å². The van der Waals surface area contributed by atoms with Gasteiger partial charge in [-0.2, -0.15) is 0 Å². The Morgan fingerprint density at radius 2 is 2.05 bits per heavy atom. The van der Waals surface area contributed by atoms with Crippen LogP contribution in [0.3, 0.4) is 0 Å². The minimum absolute atomic E-state index is 0.0744. The fourth-order valence-corrected chi connectivity index (χ4v) is 1.88. The van der Waals surface area contributed by atoms with Crippen molar-refractivity contribution in [3.05, 3.63) is 29.6 Å². The van der Waals surface area contributed by atoms with E-state index in [2.05, 4.69) is 5.32 Å². The molecule has 0 aliphatic carbocycles. The number of benzene rings is 1. The number of rotatable bonds is 5. The maximum Gasteiger partial charge on any atom is 0.239 e. The molecule has 1 rings (SSSR count). The number of carbonyl (C=O) groups is 1. The third kappa shape index (κ3) is 4.52. The van der Waals surface area contributed by atoms with E-state index in [1.54, 1.807) is 24.9 Å². The summed E-state index contributed by atoms with van der Waals surface area (Å²) in [5, 5.41) is 12.4. The van der Waals surface area contributed by atoms with Gasteiger partial charge in [0.1, 0.15) is 5.82 Å². The number of amides is 1. The maximum atomic E-state index is 13.2. The van der Waals surface area contributed by atoms with Crippen molar-refractivity contribution < 1.29 is 14.3 Å². The van der Waals surface area contributed by atoms with E-state index in [0.29, 0.717) is 11.3 Å². The van der Waals surface area contributed by atoms with Crippen molar-refractivity contribution in [2.24, 2.45) is 0 Å². The molecule has 0 fully saturated rings. The zero-order valence-electron chi connectivity index (χ0n) is 11.8. The van der Waals surface area contributed by atoms with E-state index in [0.717, 1.165) is 0 Å². The smallest absolute Gasteiger partial charge is 0.239 e. The predicted octanol–water partition coefficient (Wildman–Crippen LogP) is 1.84. The summed E-state index contributed by atoms with van der Waals surface area (Å²) >= 11 is 0. The van der Waals surface area contributed by atoms with Crippen LogP contribution in [0.4, 0.5) is 10.1 Å². The summed E-state index contributed by atoms with van der Waals surface area (Å²) < 4.78 is 13.2. The van der Waals surface area contributed by atoms with Crippen molar-refractivity contribution in [3.8, 4) is 0 Å². The standard InChI is InChI=1S/C14H21FN2O2/c1-9(2)16-14(19)8-17(4)13-6-5-11(15)7-12(13)10(3)18/h5-7,9-10,18H,8H2,1-4H3,(H,16,19). The minimum Gasteiger partial charge on any atom is -0.389 e. The predicted molar refractivity (Wildman–Crippen MR) is 73.6 cm³/mol. The number of hydrogen-bond acceptors (Lipinski definition) is 3. The average Bonchev–Trinajstić information content (AvgIpc) is 2.27. The highest BCUT2D eigenvalue weighted by Crippen LogP contribution is 2.26. The summed E-state index contributed by atoms with van der Waals surface area (Å²) in [6, 6.07) is 4.25. The Morgan fingerprint density at radius 1 is 1.42 bits per heavy atom. The van der Waals surface area contributed by atoms with Crippen LogP contribution in [0.15, 0.2) is 18.2 Å². The first-order valence-corrected chi connectivity index (χ1v) is 6.29. The third-order valence-corrected chi connectivity index (χ3v) is 2.68. The largest absolute Gasteiger partial charge is 0.389 e. The van der Waals surface area contributed by atoms with Crippen LogP contribution >= 0.6 is 0 Å². The van der Waals surface area contributed by atoms with Gasteiger partial charge in [-0.1, -0.05) is 0 Å². The molecule has 2 N–H and O–H groups in total. The number of carbonyl (C=O) groups excluding carboxylic acids is 1. The summed E-state index contributed by atoms with van der Waals surface area (Å²) in [6.07, 6.45) is -0.790. The molecule has 106 valence electrons. The third-order valence-electron chi connectivity index (χ3n) is 2.68. The van der Waals surface area contributed by atoms with Crippen LogP contribution in [0.1, 0.15) is 32.4 Å². The molecule has 1 amide bonds. The molecule has 0 aromatic heterocycles. The van der Waals surface area contributed by atoms with Crippen molar-refractivity contribution in [1.82, 2.24) is 5.32 Å². The lowest BCUT2D eigenvalue weighted by Crippen LogP contribution is -2.38. The summed E-state index contributed by atoms with van der Waals surface area (Å²) in [5.74, 6) is -0.516. The molecule has 0 radical (unpaired) electrons. The number of aliphatic hydroxyl groups is 1. The van der Waals surface area contributed by atoms with Gasteiger partial charge in [0.15, 0.2) is 0 Å². The second-order valence-corrected chi connectivity index (χ2v) is 4.96. The lowest BCUT2D eigenvalue weighted by Gasteiger charge is -2.23. The molecule has 1 unspecified atom stereocenters. The summed E-state index contributed by atoms with van der Waals surface area (Å²) in [6.45, 7) is 5.50. The number of aliphatic hydroxyl groups excluding tert-OH is 1. The van der Waals surface area contributed by atoms with Crippen molar-refractivity contribution >= 4 is 11.6 Å². The molecular weight excluding hydrogens is 247 g/mol. The highest BCUT2D eigenvalue weighted by molar-refractivity contribution is 5.81.